The lowest BCUT2D eigenvalue weighted by Gasteiger charge is -2.35. The molecule has 5 heteroatoms. The van der Waals surface area contributed by atoms with Gasteiger partial charge in [0.05, 0.1) is 0 Å². The number of thiocarbonyl (C=S) groups is 1. The topological polar surface area (TPSA) is 18.5 Å². The lowest BCUT2D eigenvalue weighted by atomic mass is 10.2. The highest BCUT2D eigenvalue weighted by Crippen LogP contribution is 2.12. The zero-order valence-corrected chi connectivity index (χ0v) is 12.1. The summed E-state index contributed by atoms with van der Waals surface area (Å²) < 4.78 is 0. The smallest absolute Gasteiger partial charge is 0.168 e. The van der Waals surface area contributed by atoms with Crippen molar-refractivity contribution in [3.63, 3.8) is 0 Å². The van der Waals surface area contributed by atoms with E-state index in [1.54, 1.807) is 0 Å². The lowest BCUT2D eigenvalue weighted by Crippen LogP contribution is -2.50. The van der Waals surface area contributed by atoms with Gasteiger partial charge in [-0.05, 0) is 29.9 Å². The third-order valence-corrected chi connectivity index (χ3v) is 3.91. The third kappa shape index (κ3) is 3.57. The second-order valence-corrected chi connectivity index (χ2v) is 5.27. The van der Waals surface area contributed by atoms with Crippen LogP contribution in [0.15, 0.2) is 24.3 Å². The third-order valence-electron chi connectivity index (χ3n) is 3.19. The van der Waals surface area contributed by atoms with Gasteiger partial charge < -0.3 is 10.2 Å². The van der Waals surface area contributed by atoms with Gasteiger partial charge in [0.2, 0.25) is 0 Å². The molecule has 1 aromatic rings. The zero-order valence-electron chi connectivity index (χ0n) is 10.5. The Kier molecular flexibility index (Phi) is 4.80. The summed E-state index contributed by atoms with van der Waals surface area (Å²) in [4.78, 5) is 4.66. The summed E-state index contributed by atoms with van der Waals surface area (Å²) >= 11 is 11.1. The summed E-state index contributed by atoms with van der Waals surface area (Å²) in [5.74, 6) is 0. The van der Waals surface area contributed by atoms with Gasteiger partial charge in [-0.25, -0.2) is 0 Å². The molecule has 0 bridgehead atoms. The Morgan fingerprint density at radius 2 is 1.83 bits per heavy atom. The fraction of sp³-hybridized carbons (Fsp3) is 0.462. The Morgan fingerprint density at radius 3 is 2.39 bits per heavy atom. The molecule has 1 aromatic carbocycles. The van der Waals surface area contributed by atoms with Gasteiger partial charge in [0.25, 0.3) is 0 Å². The minimum atomic E-state index is 0.794. The van der Waals surface area contributed by atoms with Crippen molar-refractivity contribution >= 4 is 28.9 Å². The van der Waals surface area contributed by atoms with Crippen molar-refractivity contribution in [1.29, 1.82) is 0 Å². The predicted molar refractivity (Wildman–Crippen MR) is 80.0 cm³/mol. The molecule has 2 rings (SSSR count). The number of nitrogens with zero attached hydrogens (tertiary/aromatic N) is 2. The minimum Gasteiger partial charge on any atom is -0.366 e. The van der Waals surface area contributed by atoms with Gasteiger partial charge in [-0.15, -0.1) is 0 Å². The van der Waals surface area contributed by atoms with Crippen LogP contribution >= 0.6 is 23.8 Å². The highest BCUT2D eigenvalue weighted by atomic mass is 35.5. The number of rotatable bonds is 2. The predicted octanol–water partition coefficient (Wildman–Crippen LogP) is 1.96. The maximum absolute atomic E-state index is 5.88. The molecule has 18 heavy (non-hydrogen) atoms. The Bertz CT molecular complexity index is 399. The molecule has 0 saturated carbocycles. The van der Waals surface area contributed by atoms with Crippen LogP contribution in [-0.2, 0) is 6.54 Å². The second-order valence-electron chi connectivity index (χ2n) is 4.44. The van der Waals surface area contributed by atoms with Crippen LogP contribution in [0.1, 0.15) is 5.56 Å². The van der Waals surface area contributed by atoms with Crippen molar-refractivity contribution in [2.75, 3.05) is 33.2 Å². The molecule has 1 N–H and O–H groups in total. The Hall–Kier alpha value is -0.840. The molecule has 1 heterocycles. The maximum atomic E-state index is 5.88. The van der Waals surface area contributed by atoms with Crippen molar-refractivity contribution in [3.8, 4) is 0 Å². The molecular formula is C13H18ClN3S. The summed E-state index contributed by atoms with van der Waals surface area (Å²) in [6.07, 6.45) is 0. The van der Waals surface area contributed by atoms with Crippen molar-refractivity contribution < 1.29 is 0 Å². The maximum Gasteiger partial charge on any atom is 0.168 e. The Balaban J connectivity index is 1.83. The first-order chi connectivity index (χ1) is 8.69. The summed E-state index contributed by atoms with van der Waals surface area (Å²) in [7, 11) is 1.88. The van der Waals surface area contributed by atoms with Crippen LogP contribution in [0.5, 0.6) is 0 Å². The SMILES string of the molecule is CNC(=S)N1CCN(Cc2ccc(Cl)cc2)CC1. The number of piperazine rings is 1. The first kappa shape index (κ1) is 13.6. The van der Waals surface area contributed by atoms with Crippen LogP contribution < -0.4 is 5.32 Å². The highest BCUT2D eigenvalue weighted by molar-refractivity contribution is 7.80. The number of hydrogen-bond donors (Lipinski definition) is 1. The molecule has 0 amide bonds. The zero-order chi connectivity index (χ0) is 13.0. The van der Waals surface area contributed by atoms with Crippen LogP contribution in [0.2, 0.25) is 5.02 Å². The van der Waals surface area contributed by atoms with E-state index in [1.807, 2.05) is 19.2 Å². The molecule has 1 fully saturated rings. The van der Waals surface area contributed by atoms with Gasteiger partial charge in [-0.3, -0.25) is 4.90 Å². The molecule has 1 aliphatic heterocycles. The summed E-state index contributed by atoms with van der Waals surface area (Å²) in [5, 5.41) is 4.67. The molecule has 1 saturated heterocycles. The normalized spacial score (nSPS) is 16.7. The molecule has 3 nitrogen and oxygen atoms in total. The van der Waals surface area contributed by atoms with Gasteiger partial charge in [-0.1, -0.05) is 23.7 Å². The molecular weight excluding hydrogens is 266 g/mol. The van der Waals surface area contributed by atoms with E-state index in [0.29, 0.717) is 0 Å². The molecule has 0 radical (unpaired) electrons. The van der Waals surface area contributed by atoms with Crippen molar-refractivity contribution in [2.45, 2.75) is 6.54 Å². The molecule has 98 valence electrons. The van der Waals surface area contributed by atoms with E-state index in [9.17, 15) is 0 Å². The molecule has 0 aromatic heterocycles. The Labute approximate surface area is 119 Å². The van der Waals surface area contributed by atoms with Crippen molar-refractivity contribution in [1.82, 2.24) is 15.1 Å². The number of nitrogens with one attached hydrogen (secondary N) is 1. The standard InChI is InChI=1S/C13H18ClN3S/c1-15-13(18)17-8-6-16(7-9-17)10-11-2-4-12(14)5-3-11/h2-5H,6-10H2,1H3,(H,15,18). The summed E-state index contributed by atoms with van der Waals surface area (Å²) in [5.41, 5.74) is 1.31. The van der Waals surface area contributed by atoms with Gasteiger partial charge in [-0.2, -0.15) is 0 Å². The van der Waals surface area contributed by atoms with Gasteiger partial charge in [0.1, 0.15) is 0 Å². The fourth-order valence-corrected chi connectivity index (χ4v) is 2.42. The van der Waals surface area contributed by atoms with Gasteiger partial charge in [0, 0.05) is 44.8 Å². The molecule has 0 aliphatic carbocycles. The summed E-state index contributed by atoms with van der Waals surface area (Å²) in [6.45, 7) is 5.06. The Morgan fingerprint density at radius 1 is 1.22 bits per heavy atom. The minimum absolute atomic E-state index is 0.794. The first-order valence-corrected chi connectivity index (χ1v) is 6.91. The van der Waals surface area contributed by atoms with Crippen LogP contribution in [0.25, 0.3) is 0 Å². The number of halogens is 1. The first-order valence-electron chi connectivity index (χ1n) is 6.12. The average molecular weight is 284 g/mol. The number of hydrogen-bond acceptors (Lipinski definition) is 2. The van der Waals surface area contributed by atoms with Crippen LogP contribution in [0.3, 0.4) is 0 Å². The van der Waals surface area contributed by atoms with Crippen LogP contribution in [0.4, 0.5) is 0 Å². The second kappa shape index (κ2) is 6.36. The van der Waals surface area contributed by atoms with Crippen LogP contribution in [-0.4, -0.2) is 48.1 Å². The van der Waals surface area contributed by atoms with E-state index >= 15 is 0 Å². The number of benzene rings is 1. The monoisotopic (exact) mass is 283 g/mol. The van der Waals surface area contributed by atoms with Gasteiger partial charge >= 0.3 is 0 Å². The molecule has 0 unspecified atom stereocenters. The lowest BCUT2D eigenvalue weighted by molar-refractivity contribution is 0.175. The molecule has 0 spiro atoms. The largest absolute Gasteiger partial charge is 0.366 e. The highest BCUT2D eigenvalue weighted by Gasteiger charge is 2.17. The fourth-order valence-electron chi connectivity index (χ4n) is 2.12. The molecule has 1 aliphatic rings. The van der Waals surface area contributed by atoms with Crippen molar-refractivity contribution in [2.24, 2.45) is 0 Å². The van der Waals surface area contributed by atoms with E-state index in [0.717, 1.165) is 42.9 Å². The molecule has 0 atom stereocenters. The van der Waals surface area contributed by atoms with E-state index < -0.39 is 0 Å². The van der Waals surface area contributed by atoms with Gasteiger partial charge in [0.15, 0.2) is 5.11 Å². The van der Waals surface area contributed by atoms with Crippen LogP contribution in [0, 0.1) is 0 Å². The van der Waals surface area contributed by atoms with Crippen molar-refractivity contribution in [3.05, 3.63) is 34.9 Å². The average Bonchev–Trinajstić information content (AvgIpc) is 2.41. The van der Waals surface area contributed by atoms with E-state index in [4.69, 9.17) is 23.8 Å². The van der Waals surface area contributed by atoms with E-state index in [-0.39, 0.29) is 0 Å². The van der Waals surface area contributed by atoms with E-state index in [1.165, 1.54) is 5.56 Å². The summed E-state index contributed by atoms with van der Waals surface area (Å²) in [6, 6.07) is 8.08. The quantitative estimate of drug-likeness (QED) is 0.836. The van der Waals surface area contributed by atoms with E-state index in [2.05, 4.69) is 27.2 Å².